The SMILES string of the molecule is Clc1nc(NCc2sccc2Br)nc(-n2cncn2)n1. The number of aromatic nitrogens is 6. The van der Waals surface area contributed by atoms with E-state index in [4.69, 9.17) is 11.6 Å². The van der Waals surface area contributed by atoms with Crippen molar-refractivity contribution in [2.45, 2.75) is 6.54 Å². The van der Waals surface area contributed by atoms with Crippen LogP contribution in [0.15, 0.2) is 28.6 Å². The fraction of sp³-hybridized carbons (Fsp3) is 0.100. The molecule has 0 fully saturated rings. The van der Waals surface area contributed by atoms with Gasteiger partial charge in [-0.25, -0.2) is 4.98 Å². The van der Waals surface area contributed by atoms with Crippen molar-refractivity contribution >= 4 is 44.8 Å². The molecule has 1 N–H and O–H groups in total. The molecule has 0 unspecified atom stereocenters. The van der Waals surface area contributed by atoms with E-state index in [0.29, 0.717) is 18.4 Å². The molecular weight excluding hydrogens is 366 g/mol. The van der Waals surface area contributed by atoms with E-state index in [1.807, 2.05) is 11.4 Å². The lowest BCUT2D eigenvalue weighted by atomic mass is 10.5. The highest BCUT2D eigenvalue weighted by atomic mass is 79.9. The summed E-state index contributed by atoms with van der Waals surface area (Å²) in [6.07, 6.45) is 2.89. The van der Waals surface area contributed by atoms with Crippen LogP contribution in [0.3, 0.4) is 0 Å². The second kappa shape index (κ2) is 5.81. The van der Waals surface area contributed by atoms with Crippen molar-refractivity contribution in [2.75, 3.05) is 5.32 Å². The summed E-state index contributed by atoms with van der Waals surface area (Å²) < 4.78 is 2.46. The van der Waals surface area contributed by atoms with Crippen LogP contribution in [-0.2, 0) is 6.54 Å². The Hall–Kier alpha value is -1.58. The van der Waals surface area contributed by atoms with E-state index >= 15 is 0 Å². The zero-order chi connectivity index (χ0) is 13.9. The van der Waals surface area contributed by atoms with Crippen molar-refractivity contribution in [3.8, 4) is 5.95 Å². The van der Waals surface area contributed by atoms with E-state index in [1.165, 1.54) is 17.3 Å². The van der Waals surface area contributed by atoms with Gasteiger partial charge >= 0.3 is 0 Å². The molecule has 0 radical (unpaired) electrons. The number of rotatable bonds is 4. The van der Waals surface area contributed by atoms with Gasteiger partial charge in [0, 0.05) is 9.35 Å². The molecule has 3 heterocycles. The van der Waals surface area contributed by atoms with Gasteiger partial charge in [-0.3, -0.25) is 0 Å². The molecule has 7 nitrogen and oxygen atoms in total. The quantitative estimate of drug-likeness (QED) is 0.758. The first kappa shape index (κ1) is 13.4. The number of nitrogens with zero attached hydrogens (tertiary/aromatic N) is 6. The van der Waals surface area contributed by atoms with Gasteiger partial charge in [-0.05, 0) is 39.0 Å². The number of anilines is 1. The second-order valence-corrected chi connectivity index (χ2v) is 5.81. The Balaban J connectivity index is 1.81. The van der Waals surface area contributed by atoms with Crippen molar-refractivity contribution in [1.29, 1.82) is 0 Å². The summed E-state index contributed by atoms with van der Waals surface area (Å²) in [6, 6.07) is 1.99. The number of hydrogen-bond donors (Lipinski definition) is 1. The van der Waals surface area contributed by atoms with E-state index in [9.17, 15) is 0 Å². The van der Waals surface area contributed by atoms with Crippen LogP contribution in [0.5, 0.6) is 0 Å². The summed E-state index contributed by atoms with van der Waals surface area (Å²) >= 11 is 11.0. The van der Waals surface area contributed by atoms with Crippen LogP contribution < -0.4 is 5.32 Å². The highest BCUT2D eigenvalue weighted by Gasteiger charge is 2.08. The molecule has 0 aliphatic rings. The first-order valence-electron chi connectivity index (χ1n) is 5.44. The molecule has 0 aromatic carbocycles. The van der Waals surface area contributed by atoms with Crippen LogP contribution in [0.4, 0.5) is 5.95 Å². The van der Waals surface area contributed by atoms with E-state index in [2.05, 4.69) is 46.3 Å². The number of halogens is 2. The van der Waals surface area contributed by atoms with Crippen molar-refractivity contribution in [3.05, 3.63) is 38.7 Å². The first-order chi connectivity index (χ1) is 9.72. The lowest BCUT2D eigenvalue weighted by molar-refractivity contribution is 0.793. The Kier molecular flexibility index (Phi) is 3.90. The molecule has 3 aromatic rings. The van der Waals surface area contributed by atoms with Crippen molar-refractivity contribution in [1.82, 2.24) is 29.7 Å². The average Bonchev–Trinajstić information content (AvgIpc) is 3.07. The second-order valence-electron chi connectivity index (χ2n) is 3.61. The molecule has 3 rings (SSSR count). The lowest BCUT2D eigenvalue weighted by Gasteiger charge is -2.05. The van der Waals surface area contributed by atoms with Crippen molar-refractivity contribution in [3.63, 3.8) is 0 Å². The molecule has 0 spiro atoms. The monoisotopic (exact) mass is 371 g/mol. The maximum atomic E-state index is 5.89. The Morgan fingerprint density at radius 3 is 2.95 bits per heavy atom. The predicted octanol–water partition coefficient (Wildman–Crippen LogP) is 2.54. The van der Waals surface area contributed by atoms with Gasteiger partial charge in [-0.15, -0.1) is 11.3 Å². The molecular formula is C10H7BrClN7S. The molecule has 10 heteroatoms. The van der Waals surface area contributed by atoms with E-state index in [-0.39, 0.29) is 5.28 Å². The molecule has 0 amide bonds. The third kappa shape index (κ3) is 2.94. The summed E-state index contributed by atoms with van der Waals surface area (Å²) in [4.78, 5) is 17.2. The first-order valence-corrected chi connectivity index (χ1v) is 7.50. The summed E-state index contributed by atoms with van der Waals surface area (Å²) in [5.41, 5.74) is 0. The van der Waals surface area contributed by atoms with Crippen molar-refractivity contribution < 1.29 is 0 Å². The molecule has 0 saturated carbocycles. The standard InChI is InChI=1S/C10H7BrClN7S/c11-6-1-2-20-7(6)3-14-9-16-8(12)17-10(18-9)19-5-13-4-15-19/h1-2,4-5H,3H2,(H,14,16,17,18). The number of thiophene rings is 1. The van der Waals surface area contributed by atoms with E-state index < -0.39 is 0 Å². The van der Waals surface area contributed by atoms with Crippen LogP contribution in [0.2, 0.25) is 5.28 Å². The van der Waals surface area contributed by atoms with E-state index in [1.54, 1.807) is 11.3 Å². The summed E-state index contributed by atoms with van der Waals surface area (Å²) in [5.74, 6) is 0.700. The van der Waals surface area contributed by atoms with E-state index in [0.717, 1.165) is 9.35 Å². The Morgan fingerprint density at radius 2 is 2.25 bits per heavy atom. The average molecular weight is 373 g/mol. The molecule has 3 aromatic heterocycles. The fourth-order valence-electron chi connectivity index (χ4n) is 1.44. The molecule has 0 atom stereocenters. The fourth-order valence-corrected chi connectivity index (χ4v) is 3.03. The van der Waals surface area contributed by atoms with Crippen LogP contribution in [0.1, 0.15) is 4.88 Å². The van der Waals surface area contributed by atoms with Gasteiger partial charge < -0.3 is 5.32 Å². The summed E-state index contributed by atoms with van der Waals surface area (Å²) in [6.45, 7) is 0.593. The Labute approximate surface area is 131 Å². The molecule has 0 saturated heterocycles. The maximum Gasteiger partial charge on any atom is 0.258 e. The van der Waals surface area contributed by atoms with Crippen LogP contribution in [0, 0.1) is 0 Å². The minimum absolute atomic E-state index is 0.0956. The highest BCUT2D eigenvalue weighted by molar-refractivity contribution is 9.10. The third-order valence-corrected chi connectivity index (χ3v) is 4.41. The summed E-state index contributed by atoms with van der Waals surface area (Å²) in [5, 5.41) is 9.15. The molecule has 0 bridgehead atoms. The predicted molar refractivity (Wildman–Crippen MR) is 79.1 cm³/mol. The topological polar surface area (TPSA) is 81.4 Å². The minimum Gasteiger partial charge on any atom is -0.349 e. The van der Waals surface area contributed by atoms with Crippen LogP contribution in [0.25, 0.3) is 5.95 Å². The van der Waals surface area contributed by atoms with Gasteiger partial charge in [-0.2, -0.15) is 24.7 Å². The van der Waals surface area contributed by atoms with Gasteiger partial charge in [0.05, 0.1) is 6.54 Å². The molecule has 20 heavy (non-hydrogen) atoms. The van der Waals surface area contributed by atoms with Gasteiger partial charge in [0.25, 0.3) is 5.95 Å². The van der Waals surface area contributed by atoms with Gasteiger partial charge in [0.15, 0.2) is 0 Å². The Bertz CT molecular complexity index is 714. The van der Waals surface area contributed by atoms with Gasteiger partial charge in [0.1, 0.15) is 12.7 Å². The largest absolute Gasteiger partial charge is 0.349 e. The van der Waals surface area contributed by atoms with Gasteiger partial charge in [-0.1, -0.05) is 0 Å². The third-order valence-electron chi connectivity index (χ3n) is 2.32. The smallest absolute Gasteiger partial charge is 0.258 e. The van der Waals surface area contributed by atoms with Crippen LogP contribution in [-0.4, -0.2) is 29.7 Å². The molecule has 0 aliphatic carbocycles. The number of nitrogens with one attached hydrogen (secondary N) is 1. The number of hydrogen-bond acceptors (Lipinski definition) is 7. The zero-order valence-electron chi connectivity index (χ0n) is 9.86. The lowest BCUT2D eigenvalue weighted by Crippen LogP contribution is -2.09. The summed E-state index contributed by atoms with van der Waals surface area (Å²) in [7, 11) is 0. The molecule has 0 aliphatic heterocycles. The van der Waals surface area contributed by atoms with Gasteiger partial charge in [0.2, 0.25) is 11.2 Å². The minimum atomic E-state index is 0.0956. The highest BCUT2D eigenvalue weighted by Crippen LogP contribution is 2.23. The molecule has 102 valence electrons. The maximum absolute atomic E-state index is 5.89. The van der Waals surface area contributed by atoms with Crippen molar-refractivity contribution in [2.24, 2.45) is 0 Å². The normalized spacial score (nSPS) is 10.7. The van der Waals surface area contributed by atoms with Crippen LogP contribution >= 0.6 is 38.9 Å². The Morgan fingerprint density at radius 1 is 1.35 bits per heavy atom. The zero-order valence-corrected chi connectivity index (χ0v) is 13.0.